The van der Waals surface area contributed by atoms with E-state index < -0.39 is 50.0 Å². The lowest BCUT2D eigenvalue weighted by Crippen LogP contribution is -2.43. The number of nitrogens with one attached hydrogen (secondary N) is 1. The molecule has 3 nitrogen and oxygen atoms in total. The third kappa shape index (κ3) is 5.02. The Hall–Kier alpha value is -1.75. The summed E-state index contributed by atoms with van der Waals surface area (Å²) in [5.74, 6) is -1.36. The average molecular weight is 522 g/mol. The van der Waals surface area contributed by atoms with Gasteiger partial charge in [-0.1, -0.05) is 64.8 Å². The van der Waals surface area contributed by atoms with Crippen LogP contribution in [-0.4, -0.2) is 23.6 Å². The Labute approximate surface area is 190 Å². The summed E-state index contributed by atoms with van der Waals surface area (Å²) in [5, 5.41) is -1.81. The number of para-hydroxylation sites is 1. The van der Waals surface area contributed by atoms with Crippen molar-refractivity contribution in [2.24, 2.45) is 0 Å². The number of halogens is 9. The van der Waals surface area contributed by atoms with Gasteiger partial charge in [-0.2, -0.15) is 26.3 Å². The molecule has 1 heterocycles. The SMILES string of the molecule is O=C(Nc1ccccc1)C1=C(C(F)(F)F)N(c2c(Cl)cc(Cl)cc2Cl)C(C(F)(F)F)S1. The number of carbonyl (C=O) groups is 1. The molecular formula is C18H9Cl3F6N2OS. The highest BCUT2D eigenvalue weighted by molar-refractivity contribution is 8.05. The molecule has 0 saturated carbocycles. The lowest BCUT2D eigenvalue weighted by Gasteiger charge is -2.32. The van der Waals surface area contributed by atoms with Crippen molar-refractivity contribution in [3.8, 4) is 0 Å². The van der Waals surface area contributed by atoms with Gasteiger partial charge in [0.1, 0.15) is 10.6 Å². The van der Waals surface area contributed by atoms with Crippen molar-refractivity contribution >= 4 is 63.8 Å². The van der Waals surface area contributed by atoms with Crippen LogP contribution in [0, 0.1) is 0 Å². The summed E-state index contributed by atoms with van der Waals surface area (Å²) < 4.78 is 83.2. The predicted octanol–water partition coefficient (Wildman–Crippen LogP) is 7.50. The Kier molecular flexibility index (Phi) is 6.67. The first-order valence-corrected chi connectivity index (χ1v) is 10.2. The van der Waals surface area contributed by atoms with E-state index >= 15 is 0 Å². The summed E-state index contributed by atoms with van der Waals surface area (Å²) in [7, 11) is 0. The topological polar surface area (TPSA) is 32.3 Å². The number of benzene rings is 2. The monoisotopic (exact) mass is 520 g/mol. The van der Waals surface area contributed by atoms with E-state index in [4.69, 9.17) is 34.8 Å². The van der Waals surface area contributed by atoms with E-state index in [-0.39, 0.29) is 27.4 Å². The fraction of sp³-hybridized carbons (Fsp3) is 0.167. The van der Waals surface area contributed by atoms with Crippen LogP contribution >= 0.6 is 46.6 Å². The van der Waals surface area contributed by atoms with Crippen LogP contribution < -0.4 is 10.2 Å². The summed E-state index contributed by atoms with van der Waals surface area (Å²) >= 11 is 17.3. The molecule has 2 aromatic rings. The molecule has 1 amide bonds. The summed E-state index contributed by atoms with van der Waals surface area (Å²) in [6.45, 7) is 0. The summed E-state index contributed by atoms with van der Waals surface area (Å²) in [5.41, 5.74) is -2.50. The van der Waals surface area contributed by atoms with Gasteiger partial charge < -0.3 is 10.2 Å². The largest absolute Gasteiger partial charge is 0.432 e. The molecular weight excluding hydrogens is 513 g/mol. The third-order valence-corrected chi connectivity index (χ3v) is 6.04. The van der Waals surface area contributed by atoms with Gasteiger partial charge in [0, 0.05) is 10.7 Å². The third-order valence-electron chi connectivity index (χ3n) is 3.93. The van der Waals surface area contributed by atoms with Crippen LogP contribution in [0.5, 0.6) is 0 Å². The van der Waals surface area contributed by atoms with Gasteiger partial charge in [-0.25, -0.2) is 0 Å². The zero-order chi connectivity index (χ0) is 23.1. The normalized spacial score (nSPS) is 17.3. The van der Waals surface area contributed by atoms with E-state index in [1.54, 1.807) is 6.07 Å². The minimum atomic E-state index is -5.34. The number of allylic oxidation sites excluding steroid dienone is 1. The molecule has 2 aromatic carbocycles. The predicted molar refractivity (Wildman–Crippen MR) is 110 cm³/mol. The molecule has 0 spiro atoms. The second-order valence-electron chi connectivity index (χ2n) is 6.10. The molecule has 0 fully saturated rings. The van der Waals surface area contributed by atoms with Crippen molar-refractivity contribution in [2.45, 2.75) is 17.7 Å². The molecule has 1 unspecified atom stereocenters. The first-order valence-electron chi connectivity index (χ1n) is 8.15. The second-order valence-corrected chi connectivity index (χ2v) is 8.44. The zero-order valence-corrected chi connectivity index (χ0v) is 17.9. The molecule has 0 radical (unpaired) electrons. The smallest absolute Gasteiger partial charge is 0.321 e. The Balaban J connectivity index is 2.20. The average Bonchev–Trinajstić information content (AvgIpc) is 3.03. The summed E-state index contributed by atoms with van der Waals surface area (Å²) in [6, 6.07) is 9.24. The van der Waals surface area contributed by atoms with E-state index in [0.29, 0.717) is 0 Å². The van der Waals surface area contributed by atoms with Gasteiger partial charge >= 0.3 is 12.4 Å². The highest BCUT2D eigenvalue weighted by Crippen LogP contribution is 2.55. The van der Waals surface area contributed by atoms with Gasteiger partial charge in [-0.05, 0) is 24.3 Å². The molecule has 13 heteroatoms. The van der Waals surface area contributed by atoms with Gasteiger partial charge in [0.25, 0.3) is 5.91 Å². The Morgan fingerprint density at radius 3 is 2.00 bits per heavy atom. The first-order chi connectivity index (χ1) is 14.3. The van der Waals surface area contributed by atoms with Gasteiger partial charge in [-0.15, -0.1) is 0 Å². The van der Waals surface area contributed by atoms with Crippen LogP contribution in [0.1, 0.15) is 0 Å². The number of anilines is 2. The lowest BCUT2D eigenvalue weighted by molar-refractivity contribution is -0.132. The van der Waals surface area contributed by atoms with Crippen LogP contribution in [0.4, 0.5) is 37.7 Å². The highest BCUT2D eigenvalue weighted by Gasteiger charge is 2.58. The molecule has 0 aliphatic carbocycles. The van der Waals surface area contributed by atoms with E-state index in [1.165, 1.54) is 24.3 Å². The number of hydrogen-bond acceptors (Lipinski definition) is 3. The molecule has 31 heavy (non-hydrogen) atoms. The fourth-order valence-electron chi connectivity index (χ4n) is 2.79. The quantitative estimate of drug-likeness (QED) is 0.425. The first kappa shape index (κ1) is 23.9. The molecule has 0 bridgehead atoms. The van der Waals surface area contributed by atoms with E-state index in [9.17, 15) is 31.1 Å². The van der Waals surface area contributed by atoms with Crippen LogP contribution in [-0.2, 0) is 4.79 Å². The maximum atomic E-state index is 14.0. The number of nitrogens with zero attached hydrogens (tertiary/aromatic N) is 1. The highest BCUT2D eigenvalue weighted by atomic mass is 35.5. The fourth-order valence-corrected chi connectivity index (χ4v) is 4.95. The Morgan fingerprint density at radius 2 is 1.52 bits per heavy atom. The molecule has 1 atom stereocenters. The maximum absolute atomic E-state index is 14.0. The van der Waals surface area contributed by atoms with Gasteiger partial charge in [0.2, 0.25) is 0 Å². The number of alkyl halides is 6. The lowest BCUT2D eigenvalue weighted by atomic mass is 10.2. The van der Waals surface area contributed by atoms with Crippen LogP contribution in [0.25, 0.3) is 0 Å². The number of carbonyl (C=O) groups excluding carboxylic acids is 1. The molecule has 1 N–H and O–H groups in total. The minimum absolute atomic E-state index is 0.0891. The van der Waals surface area contributed by atoms with Crippen molar-refractivity contribution in [1.29, 1.82) is 0 Å². The van der Waals surface area contributed by atoms with Crippen molar-refractivity contribution < 1.29 is 31.1 Å². The van der Waals surface area contributed by atoms with E-state index in [1.807, 2.05) is 0 Å². The molecule has 166 valence electrons. The maximum Gasteiger partial charge on any atom is 0.432 e. The van der Waals surface area contributed by atoms with Gasteiger partial charge in [-0.3, -0.25) is 4.79 Å². The molecule has 0 saturated heterocycles. The van der Waals surface area contributed by atoms with Crippen molar-refractivity contribution in [1.82, 2.24) is 0 Å². The van der Waals surface area contributed by atoms with Crippen LogP contribution in [0.3, 0.4) is 0 Å². The molecule has 1 aliphatic rings. The standard InChI is InChI=1S/C18H9Cl3F6N2OS/c19-8-6-10(20)12(11(21)7-8)29-14(17(22,23)24)13(31-16(29)18(25,26)27)15(30)28-9-4-2-1-3-5-9/h1-7,16H,(H,28,30). The van der Waals surface area contributed by atoms with Gasteiger partial charge in [0.15, 0.2) is 5.37 Å². The van der Waals surface area contributed by atoms with Crippen molar-refractivity contribution in [3.05, 3.63) is 68.1 Å². The molecule has 0 aromatic heterocycles. The Bertz CT molecular complexity index is 1020. The summed E-state index contributed by atoms with van der Waals surface area (Å²) in [6.07, 6.45) is -10.5. The van der Waals surface area contributed by atoms with Gasteiger partial charge in [0.05, 0.1) is 15.7 Å². The molecule has 3 rings (SSSR count). The van der Waals surface area contributed by atoms with E-state index in [2.05, 4.69) is 5.32 Å². The van der Waals surface area contributed by atoms with Crippen molar-refractivity contribution in [2.75, 3.05) is 10.2 Å². The minimum Gasteiger partial charge on any atom is -0.321 e. The van der Waals surface area contributed by atoms with E-state index in [0.717, 1.165) is 12.1 Å². The Morgan fingerprint density at radius 1 is 0.968 bits per heavy atom. The summed E-state index contributed by atoms with van der Waals surface area (Å²) in [4.78, 5) is 11.3. The van der Waals surface area contributed by atoms with Crippen LogP contribution in [0.15, 0.2) is 53.1 Å². The molecule has 1 aliphatic heterocycles. The number of thioether (sulfide) groups is 1. The number of rotatable bonds is 3. The zero-order valence-electron chi connectivity index (χ0n) is 14.8. The second kappa shape index (κ2) is 8.65. The number of hydrogen-bond donors (Lipinski definition) is 1. The number of amides is 1. The van der Waals surface area contributed by atoms with Crippen molar-refractivity contribution in [3.63, 3.8) is 0 Å². The van der Waals surface area contributed by atoms with Crippen LogP contribution in [0.2, 0.25) is 15.1 Å².